The second-order valence-electron chi connectivity index (χ2n) is 11.2. The van der Waals surface area contributed by atoms with Gasteiger partial charge < -0.3 is 44.4 Å². The number of anilines is 1. The molecule has 19 heteroatoms. The van der Waals surface area contributed by atoms with Gasteiger partial charge in [0.2, 0.25) is 5.91 Å². The monoisotopic (exact) mass is 710 g/mol. The Balaban J connectivity index is 0.00000250. The van der Waals surface area contributed by atoms with Crippen molar-refractivity contribution in [2.24, 2.45) is 5.92 Å². The Morgan fingerprint density at radius 2 is 1.87 bits per heavy atom. The molecule has 4 aliphatic rings. The summed E-state index contributed by atoms with van der Waals surface area (Å²) in [5, 5.41) is 34.7. The summed E-state index contributed by atoms with van der Waals surface area (Å²) < 4.78 is 38.0. The van der Waals surface area contributed by atoms with Crippen molar-refractivity contribution >= 4 is 64.1 Å². The number of β-lactam (4-membered cyclic amide) rings is 1. The van der Waals surface area contributed by atoms with Crippen molar-refractivity contribution in [3.63, 3.8) is 0 Å². The molecule has 0 radical (unpaired) electrons. The number of aliphatic hydroxyl groups excluding tert-OH is 1. The number of carbonyl (C=O) groups excluding carboxylic acids is 4. The van der Waals surface area contributed by atoms with E-state index in [9.17, 15) is 39.3 Å². The van der Waals surface area contributed by atoms with E-state index in [4.69, 9.17) is 4.74 Å². The topological polar surface area (TPSA) is 184 Å². The van der Waals surface area contributed by atoms with E-state index in [0.717, 1.165) is 40.7 Å². The van der Waals surface area contributed by atoms with Gasteiger partial charge in [0, 0.05) is 31.1 Å². The van der Waals surface area contributed by atoms with E-state index in [1.54, 1.807) is 0 Å². The average Bonchev–Trinajstić information content (AvgIpc) is 3.62. The fourth-order valence-corrected chi connectivity index (χ4v) is 8.71. The maximum Gasteiger partial charge on any atom is 1.00 e. The molecule has 1 aromatic carbocycles. The number of hydrogen-bond donors (Lipinski definition) is 2. The molecule has 4 heterocycles. The first-order chi connectivity index (χ1) is 21.4. The van der Waals surface area contributed by atoms with E-state index in [1.807, 2.05) is 0 Å². The number of nitrogens with one attached hydrogen (secondary N) is 1. The largest absolute Gasteiger partial charge is 1.00 e. The maximum atomic E-state index is 15.9. The zero-order chi connectivity index (χ0) is 32.3. The molecule has 1 unspecified atom stereocenters. The van der Waals surface area contributed by atoms with E-state index in [-0.39, 0.29) is 102 Å². The third-order valence-corrected chi connectivity index (χ3v) is 10.8. The van der Waals surface area contributed by atoms with Crippen molar-refractivity contribution in [1.82, 2.24) is 14.8 Å². The van der Waals surface area contributed by atoms with Crippen LogP contribution in [0.5, 0.6) is 0 Å². The number of carboxylic acid groups (broad SMARTS) is 2. The Kier molecular flexibility index (Phi) is 12.1. The Labute approximate surface area is 319 Å². The van der Waals surface area contributed by atoms with Crippen LogP contribution in [0, 0.1) is 17.6 Å². The minimum Gasteiger partial charge on any atom is -0.545 e. The molecule has 2 saturated heterocycles. The van der Waals surface area contributed by atoms with Crippen LogP contribution in [0.3, 0.4) is 0 Å². The van der Waals surface area contributed by atoms with Gasteiger partial charge in [-0.3, -0.25) is 14.5 Å². The van der Waals surface area contributed by atoms with Gasteiger partial charge >= 0.3 is 65.2 Å². The number of fused-ring (bicyclic) bond motifs is 2. The molecule has 2 aromatic rings. The molecule has 240 valence electrons. The molecule has 1 saturated carbocycles. The van der Waals surface area contributed by atoms with Gasteiger partial charge in [-0.25, -0.2) is 13.6 Å². The van der Waals surface area contributed by atoms with E-state index in [1.165, 1.54) is 16.4 Å². The van der Waals surface area contributed by atoms with Crippen LogP contribution in [-0.2, 0) is 14.3 Å². The number of aliphatic carboxylic acids is 1. The maximum absolute atomic E-state index is 15.9. The van der Waals surface area contributed by atoms with Crippen LogP contribution in [0.15, 0.2) is 27.0 Å². The molecule has 2 amide bonds. The summed E-state index contributed by atoms with van der Waals surface area (Å²) in [6.07, 6.45) is 0.919. The van der Waals surface area contributed by atoms with Crippen molar-refractivity contribution in [1.29, 1.82) is 0 Å². The van der Waals surface area contributed by atoms with Crippen molar-refractivity contribution in [3.8, 4) is 0 Å². The zero-order valence-electron chi connectivity index (χ0n) is 25.6. The molecule has 1 aromatic heterocycles. The molecule has 4 atom stereocenters. The van der Waals surface area contributed by atoms with E-state index >= 15 is 8.78 Å². The van der Waals surface area contributed by atoms with Gasteiger partial charge in [-0.2, -0.15) is 0 Å². The summed E-state index contributed by atoms with van der Waals surface area (Å²) >= 11 is 2.20. The summed E-state index contributed by atoms with van der Waals surface area (Å²) in [5.41, 5.74) is -2.56. The predicted molar refractivity (Wildman–Crippen MR) is 154 cm³/mol. The van der Waals surface area contributed by atoms with E-state index in [2.05, 4.69) is 5.32 Å². The number of aliphatic hydroxyl groups is 1. The number of carboxylic acids is 2. The molecule has 3 aliphatic heterocycles. The van der Waals surface area contributed by atoms with E-state index < -0.39 is 81.1 Å². The first-order valence-corrected chi connectivity index (χ1v) is 16.0. The zero-order valence-corrected chi connectivity index (χ0v) is 31.3. The number of hydrogen-bond acceptors (Lipinski definition) is 12. The van der Waals surface area contributed by atoms with Crippen LogP contribution in [0.2, 0.25) is 0 Å². The minimum absolute atomic E-state index is 0. The number of thioether (sulfide) groups is 2. The molecule has 1 aliphatic carbocycles. The second-order valence-corrected chi connectivity index (χ2v) is 13.7. The fourth-order valence-electron chi connectivity index (χ4n) is 5.91. The van der Waals surface area contributed by atoms with Crippen molar-refractivity contribution < 1.29 is 107 Å². The third kappa shape index (κ3) is 7.10. The summed E-state index contributed by atoms with van der Waals surface area (Å²) in [4.78, 5) is 63.0. The summed E-state index contributed by atoms with van der Waals surface area (Å²) in [6.45, 7) is 1.55. The molecule has 13 nitrogen and oxygen atoms in total. The number of nitrogens with zero attached hydrogens (tertiary/aromatic N) is 3. The SMILES string of the molecule is C[C@@H](O)[C@@H]1C(=O)N2C(C(=O)[O-])=C(SCCOC(=O)NC3CCN(c4c(F)cc5c(=O)c(C(=O)[O-])cn(C6CC6)c5c4F)C3)S[C@H]12.[Na+].[Na+]. The summed E-state index contributed by atoms with van der Waals surface area (Å²) in [5.74, 6) is -6.36. The number of ether oxygens (including phenoxy) is 1. The van der Waals surface area contributed by atoms with Crippen LogP contribution in [-0.4, -0.2) is 81.5 Å². The Morgan fingerprint density at radius 1 is 1.17 bits per heavy atom. The van der Waals surface area contributed by atoms with Crippen molar-refractivity contribution in [2.75, 3.05) is 30.3 Å². The number of aromatic carboxylic acids is 1. The Bertz CT molecular complexity index is 1740. The first kappa shape index (κ1) is 38.0. The number of rotatable bonds is 10. The Morgan fingerprint density at radius 3 is 2.49 bits per heavy atom. The molecule has 3 fully saturated rings. The predicted octanol–water partition coefficient (Wildman–Crippen LogP) is -6.14. The second kappa shape index (κ2) is 15.0. The van der Waals surface area contributed by atoms with Crippen LogP contribution in [0.4, 0.5) is 19.3 Å². The first-order valence-electron chi connectivity index (χ1n) is 14.1. The number of amides is 2. The summed E-state index contributed by atoms with van der Waals surface area (Å²) in [7, 11) is 0. The standard InChI is InChI=1S/C28H28F2N4O9S2.2Na/c1-11(35)17-23(37)34-21(26(40)41)27(45-24(17)34)44-7-6-43-28(42)31-12-4-5-32(9-12)20-16(29)8-14-19(18(20)30)33(13-2-3-13)10-15(22(14)36)25(38)39;;/h8,10-13,17,24,35H,2-7,9H2,1H3,(H,31,42)(H,38,39)(H,40,41);;/q;2*+1/p-2/t11-,12?,17-,24-;;/m1../s1. The number of pyridine rings is 1. The minimum atomic E-state index is -1.73. The molecule has 0 spiro atoms. The van der Waals surface area contributed by atoms with E-state index in [0.29, 0.717) is 23.5 Å². The molecule has 0 bridgehead atoms. The van der Waals surface area contributed by atoms with Crippen LogP contribution in [0.1, 0.15) is 42.6 Å². The molecular formula is C28H26F2N4Na2O9S2. The Hall–Kier alpha value is -1.83. The average molecular weight is 711 g/mol. The van der Waals surface area contributed by atoms with Gasteiger partial charge in [-0.15, -0.1) is 11.8 Å². The quantitative estimate of drug-likeness (QED) is 0.135. The molecule has 6 rings (SSSR count). The molecule has 47 heavy (non-hydrogen) atoms. The van der Waals surface area contributed by atoms with Crippen LogP contribution < -0.4 is 85.0 Å². The van der Waals surface area contributed by atoms with Crippen LogP contribution >= 0.6 is 23.5 Å². The third-order valence-electron chi connectivity index (χ3n) is 8.18. The summed E-state index contributed by atoms with van der Waals surface area (Å²) in [6, 6.07) is 0.0727. The molecule has 2 N–H and O–H groups in total. The van der Waals surface area contributed by atoms with Gasteiger partial charge in [-0.05, 0) is 32.3 Å². The number of alkyl carbamates (subject to hydrolysis) is 1. The van der Waals surface area contributed by atoms with Gasteiger partial charge in [-0.1, -0.05) is 11.8 Å². The van der Waals surface area contributed by atoms with Crippen LogP contribution in [0.25, 0.3) is 10.9 Å². The smallest absolute Gasteiger partial charge is 0.545 e. The number of aromatic nitrogens is 1. The van der Waals surface area contributed by atoms with Crippen molar-refractivity contribution in [3.05, 3.63) is 49.6 Å². The number of carbonyl (C=O) groups is 4. The van der Waals surface area contributed by atoms with Gasteiger partial charge in [0.25, 0.3) is 0 Å². The number of benzene rings is 1. The normalized spacial score (nSPS) is 22.3. The van der Waals surface area contributed by atoms with Crippen molar-refractivity contribution in [2.45, 2.75) is 49.7 Å². The number of halogens is 2. The van der Waals surface area contributed by atoms with Gasteiger partial charge in [0.05, 0.1) is 56.4 Å². The van der Waals surface area contributed by atoms with Gasteiger partial charge in [0.15, 0.2) is 11.2 Å². The fraction of sp³-hybridized carbons (Fsp3) is 0.464. The molecular weight excluding hydrogens is 684 g/mol. The van der Waals surface area contributed by atoms with Gasteiger partial charge in [0.1, 0.15) is 23.5 Å².